The molecule has 0 spiro atoms. The number of rotatable bonds is 11. The molecule has 2 N–H and O–H groups in total. The fraction of sp³-hybridized carbons (Fsp3) is 0.462. The summed E-state index contributed by atoms with van der Waals surface area (Å²) < 4.78 is 4.89. The number of hydrogen-bond acceptors (Lipinski definition) is 4. The Hall–Kier alpha value is -2.86. The van der Waals surface area contributed by atoms with E-state index in [-0.39, 0.29) is 36.4 Å². The number of hydrogen-bond donors (Lipinski definition) is 2. The van der Waals surface area contributed by atoms with Gasteiger partial charge >= 0.3 is 12.0 Å². The van der Waals surface area contributed by atoms with E-state index >= 15 is 0 Å². The molecule has 0 aliphatic heterocycles. The maximum Gasteiger partial charge on any atom is 0.314 e. The Bertz CT molecular complexity index is 778. The molecule has 2 amide bonds. The van der Waals surface area contributed by atoms with Crippen molar-refractivity contribution in [3.8, 4) is 0 Å². The number of carbonyl (C=O) groups excluding carboxylic acids is 2. The molecule has 6 nitrogen and oxygen atoms in total. The molecule has 0 aliphatic carbocycles. The van der Waals surface area contributed by atoms with E-state index in [0.29, 0.717) is 13.2 Å². The van der Waals surface area contributed by atoms with Crippen LogP contribution in [0.25, 0.3) is 0 Å². The van der Waals surface area contributed by atoms with Gasteiger partial charge in [0.25, 0.3) is 0 Å². The number of benzene rings is 2. The average Bonchev–Trinajstić information content (AvgIpc) is 2.74. The normalized spacial score (nSPS) is 12.3. The maximum atomic E-state index is 12.4. The zero-order chi connectivity index (χ0) is 23.4. The minimum atomic E-state index is -0.308. The minimum Gasteiger partial charge on any atom is -0.466 e. The van der Waals surface area contributed by atoms with E-state index in [2.05, 4.69) is 84.8 Å². The van der Waals surface area contributed by atoms with E-state index in [1.807, 2.05) is 12.1 Å². The van der Waals surface area contributed by atoms with Crippen LogP contribution in [0.15, 0.2) is 60.7 Å². The summed E-state index contributed by atoms with van der Waals surface area (Å²) >= 11 is 0. The predicted molar refractivity (Wildman–Crippen MR) is 128 cm³/mol. The first-order valence-corrected chi connectivity index (χ1v) is 11.3. The second-order valence-electron chi connectivity index (χ2n) is 8.95. The van der Waals surface area contributed by atoms with Crippen LogP contribution >= 0.6 is 0 Å². The fourth-order valence-corrected chi connectivity index (χ4v) is 3.66. The Kier molecular flexibility index (Phi) is 10.2. The summed E-state index contributed by atoms with van der Waals surface area (Å²) in [6.45, 7) is 11.0. The molecular formula is C26H37N3O3. The summed E-state index contributed by atoms with van der Waals surface area (Å²) in [5.41, 5.74) is 2.40. The summed E-state index contributed by atoms with van der Waals surface area (Å²) in [7, 11) is 0. The van der Waals surface area contributed by atoms with Crippen molar-refractivity contribution in [1.29, 1.82) is 0 Å². The molecule has 0 saturated heterocycles. The summed E-state index contributed by atoms with van der Waals surface area (Å²) in [6, 6.07) is 20.6. The second-order valence-corrected chi connectivity index (χ2v) is 8.95. The van der Waals surface area contributed by atoms with E-state index in [1.54, 1.807) is 6.92 Å². The lowest BCUT2D eigenvalue weighted by Gasteiger charge is -2.40. The van der Waals surface area contributed by atoms with Crippen LogP contribution in [-0.2, 0) is 22.6 Å². The Morgan fingerprint density at radius 1 is 0.906 bits per heavy atom. The monoisotopic (exact) mass is 439 g/mol. The first-order valence-electron chi connectivity index (χ1n) is 11.3. The third-order valence-electron chi connectivity index (χ3n) is 5.27. The fourth-order valence-electron chi connectivity index (χ4n) is 3.66. The molecule has 2 rings (SSSR count). The third kappa shape index (κ3) is 9.10. The van der Waals surface area contributed by atoms with Crippen molar-refractivity contribution in [1.82, 2.24) is 15.5 Å². The SMILES string of the molecule is CCOC(=O)CCNC(=O)NC[C@@H](N(Cc1ccccc1)Cc1ccccc1)C(C)(C)C. The van der Waals surface area contributed by atoms with Gasteiger partial charge in [-0.25, -0.2) is 4.79 Å². The van der Waals surface area contributed by atoms with Crippen molar-refractivity contribution in [2.45, 2.75) is 53.2 Å². The van der Waals surface area contributed by atoms with Crippen LogP contribution in [0.4, 0.5) is 4.79 Å². The van der Waals surface area contributed by atoms with Crippen LogP contribution in [0.1, 0.15) is 45.2 Å². The van der Waals surface area contributed by atoms with E-state index in [9.17, 15) is 9.59 Å². The zero-order valence-corrected chi connectivity index (χ0v) is 19.8. The Balaban J connectivity index is 2.07. The highest BCUT2D eigenvalue weighted by Crippen LogP contribution is 2.27. The predicted octanol–water partition coefficient (Wildman–Crippen LogP) is 4.36. The van der Waals surface area contributed by atoms with Crippen molar-refractivity contribution in [2.24, 2.45) is 5.41 Å². The molecular weight excluding hydrogens is 402 g/mol. The standard InChI is InChI=1S/C26H37N3O3/c1-5-32-24(30)16-17-27-25(31)28-18-23(26(2,3)4)29(19-21-12-8-6-9-13-21)20-22-14-10-7-11-15-22/h6-15,23H,5,16-20H2,1-4H3,(H2,27,28,31)/t23-/m1/s1. The van der Waals surface area contributed by atoms with E-state index in [4.69, 9.17) is 4.74 Å². The second kappa shape index (κ2) is 12.9. The summed E-state index contributed by atoms with van der Waals surface area (Å²) in [4.78, 5) is 26.2. The smallest absolute Gasteiger partial charge is 0.314 e. The van der Waals surface area contributed by atoms with Crippen LogP contribution in [0.3, 0.4) is 0 Å². The van der Waals surface area contributed by atoms with Crippen LogP contribution < -0.4 is 10.6 Å². The molecule has 0 fully saturated rings. The molecule has 0 aromatic heterocycles. The van der Waals surface area contributed by atoms with Crippen molar-refractivity contribution < 1.29 is 14.3 Å². The van der Waals surface area contributed by atoms with Gasteiger partial charge in [0.1, 0.15) is 0 Å². The van der Waals surface area contributed by atoms with Crippen LogP contribution in [-0.4, -0.2) is 42.6 Å². The quantitative estimate of drug-likeness (QED) is 0.511. The third-order valence-corrected chi connectivity index (χ3v) is 5.27. The van der Waals surface area contributed by atoms with Crippen molar-refractivity contribution in [3.63, 3.8) is 0 Å². The van der Waals surface area contributed by atoms with Crippen LogP contribution in [0.5, 0.6) is 0 Å². The molecule has 174 valence electrons. The average molecular weight is 440 g/mol. The molecule has 6 heteroatoms. The zero-order valence-electron chi connectivity index (χ0n) is 19.8. The first kappa shape index (κ1) is 25.4. The number of urea groups is 1. The van der Waals surface area contributed by atoms with Gasteiger partial charge < -0.3 is 15.4 Å². The summed E-state index contributed by atoms with van der Waals surface area (Å²) in [5.74, 6) is -0.308. The Labute approximate surface area is 192 Å². The molecule has 0 bridgehead atoms. The van der Waals surface area contributed by atoms with Gasteiger partial charge in [-0.15, -0.1) is 0 Å². The summed E-state index contributed by atoms with van der Waals surface area (Å²) in [5, 5.41) is 5.75. The lowest BCUT2D eigenvalue weighted by molar-refractivity contribution is -0.142. The highest BCUT2D eigenvalue weighted by atomic mass is 16.5. The van der Waals surface area contributed by atoms with Gasteiger partial charge in [-0.2, -0.15) is 0 Å². The van der Waals surface area contributed by atoms with Gasteiger partial charge in [-0.05, 0) is 23.5 Å². The van der Waals surface area contributed by atoms with Gasteiger partial charge in [0.15, 0.2) is 0 Å². The molecule has 2 aromatic carbocycles. The van der Waals surface area contributed by atoms with Gasteiger partial charge in [0.2, 0.25) is 0 Å². The van der Waals surface area contributed by atoms with Gasteiger partial charge in [0, 0.05) is 32.2 Å². The summed E-state index contributed by atoms with van der Waals surface area (Å²) in [6.07, 6.45) is 0.165. The van der Waals surface area contributed by atoms with Gasteiger partial charge in [-0.3, -0.25) is 9.69 Å². The van der Waals surface area contributed by atoms with Crippen LogP contribution in [0, 0.1) is 5.41 Å². The maximum absolute atomic E-state index is 12.4. The number of ether oxygens (including phenoxy) is 1. The molecule has 2 aromatic rings. The molecule has 0 heterocycles. The molecule has 1 atom stereocenters. The molecule has 0 saturated carbocycles. The number of nitrogens with one attached hydrogen (secondary N) is 2. The number of esters is 1. The topological polar surface area (TPSA) is 70.7 Å². The van der Waals surface area contributed by atoms with Crippen LogP contribution in [0.2, 0.25) is 0 Å². The lowest BCUT2D eigenvalue weighted by atomic mass is 9.85. The molecule has 0 radical (unpaired) electrons. The minimum absolute atomic E-state index is 0.0677. The molecule has 0 unspecified atom stereocenters. The van der Waals surface area contributed by atoms with Crippen molar-refractivity contribution in [2.75, 3.05) is 19.7 Å². The largest absolute Gasteiger partial charge is 0.466 e. The first-order chi connectivity index (χ1) is 15.3. The van der Waals surface area contributed by atoms with Crippen molar-refractivity contribution in [3.05, 3.63) is 71.8 Å². The highest BCUT2D eigenvalue weighted by Gasteiger charge is 2.31. The van der Waals surface area contributed by atoms with Gasteiger partial charge in [-0.1, -0.05) is 81.4 Å². The van der Waals surface area contributed by atoms with E-state index in [1.165, 1.54) is 11.1 Å². The lowest BCUT2D eigenvalue weighted by Crippen LogP contribution is -2.51. The number of amides is 2. The Morgan fingerprint density at radius 3 is 1.91 bits per heavy atom. The van der Waals surface area contributed by atoms with Gasteiger partial charge in [0.05, 0.1) is 13.0 Å². The number of nitrogens with zero attached hydrogens (tertiary/aromatic N) is 1. The van der Waals surface area contributed by atoms with E-state index < -0.39 is 0 Å². The molecule has 0 aliphatic rings. The van der Waals surface area contributed by atoms with Crippen molar-refractivity contribution >= 4 is 12.0 Å². The highest BCUT2D eigenvalue weighted by molar-refractivity contribution is 5.75. The van der Waals surface area contributed by atoms with E-state index in [0.717, 1.165) is 13.1 Å². The molecule has 32 heavy (non-hydrogen) atoms. The number of carbonyl (C=O) groups is 2. The Morgan fingerprint density at radius 2 is 1.44 bits per heavy atom.